The van der Waals surface area contributed by atoms with Crippen LogP contribution in [0.2, 0.25) is 0 Å². The molecule has 10 aromatic rings. The van der Waals surface area contributed by atoms with Crippen molar-refractivity contribution < 1.29 is 4.42 Å². The van der Waals surface area contributed by atoms with Crippen LogP contribution in [-0.4, -0.2) is 31.4 Å². The highest BCUT2D eigenvalue weighted by Crippen LogP contribution is 2.70. The molecule has 0 unspecified atom stereocenters. The van der Waals surface area contributed by atoms with Crippen LogP contribution in [0.25, 0.3) is 99.8 Å². The quantitative estimate of drug-likeness (QED) is 0.157. The highest BCUT2D eigenvalue weighted by Gasteiger charge is 2.62. The molecule has 0 saturated heterocycles. The Kier molecular flexibility index (Phi) is 9.28. The van der Waals surface area contributed by atoms with Crippen molar-refractivity contribution in [1.82, 2.24) is 0 Å². The lowest BCUT2D eigenvalue weighted by Crippen LogP contribution is -2.55. The van der Waals surface area contributed by atoms with E-state index >= 15 is 0 Å². The van der Waals surface area contributed by atoms with E-state index in [-0.39, 0.29) is 10.8 Å². The molecular weight excluding hydrogens is 876 g/mol. The van der Waals surface area contributed by atoms with Crippen molar-refractivity contribution in [2.45, 2.75) is 63.7 Å². The van der Waals surface area contributed by atoms with Crippen molar-refractivity contribution in [2.24, 2.45) is 23.7 Å². The van der Waals surface area contributed by atoms with Crippen molar-refractivity contribution in [1.29, 1.82) is 0 Å². The Hall–Kier alpha value is -6.96. The molecule has 0 atom stereocenters. The minimum Gasteiger partial charge on any atom is -0.456 e. The van der Waals surface area contributed by atoms with Gasteiger partial charge in [-0.15, -0.1) is 10.9 Å². The zero-order chi connectivity index (χ0) is 49.2. The zero-order valence-electron chi connectivity index (χ0n) is 43.3. The first kappa shape index (κ1) is 43.6. The van der Waals surface area contributed by atoms with Crippen LogP contribution >= 0.6 is 0 Å². The Labute approximate surface area is 434 Å². The van der Waals surface area contributed by atoms with Crippen LogP contribution in [-0.2, 0) is 10.8 Å². The number of aryl methyl sites for hydroxylation is 1. The third-order valence-electron chi connectivity index (χ3n) is 19.9. The average Bonchev–Trinajstić information content (AvgIpc) is 4.00. The first-order valence-corrected chi connectivity index (χ1v) is 27.2. The molecule has 5 heteroatoms. The van der Waals surface area contributed by atoms with Gasteiger partial charge in [0.2, 0.25) is 0 Å². The van der Waals surface area contributed by atoms with Crippen molar-refractivity contribution in [3.63, 3.8) is 0 Å². The topological polar surface area (TPSA) is 13.1 Å². The van der Waals surface area contributed by atoms with E-state index in [9.17, 15) is 0 Å². The van der Waals surface area contributed by atoms with Crippen LogP contribution in [0.4, 0.5) is 0 Å². The Bertz CT molecular complexity index is 3980. The van der Waals surface area contributed by atoms with Gasteiger partial charge in [0.25, 0.3) is 0 Å². The van der Waals surface area contributed by atoms with Gasteiger partial charge in [-0.1, -0.05) is 134 Å². The largest absolute Gasteiger partial charge is 0.456 e. The van der Waals surface area contributed by atoms with E-state index in [1.165, 1.54) is 132 Å². The summed E-state index contributed by atoms with van der Waals surface area (Å²) < 4.78 is 6.36. The molecule has 0 N–H and O–H groups in total. The fourth-order valence-corrected chi connectivity index (χ4v) is 16.4. The van der Waals surface area contributed by atoms with Crippen molar-refractivity contribution in [2.75, 3.05) is 0 Å². The normalized spacial score (nSPS) is 21.5. The minimum atomic E-state index is -0.0456. The molecule has 348 valence electrons. The summed E-state index contributed by atoms with van der Waals surface area (Å²) in [6.45, 7) is 7.41. The second-order valence-corrected chi connectivity index (χ2v) is 23.8. The van der Waals surface area contributed by atoms with Crippen molar-refractivity contribution in [3.8, 4) is 77.9 Å². The lowest BCUT2D eigenvalue weighted by atomic mass is 9.43. The number of furan rings is 1. The van der Waals surface area contributed by atoms with E-state index in [4.69, 9.17) is 4.42 Å². The predicted molar refractivity (Wildman–Crippen MR) is 319 cm³/mol. The average molecular weight is 934 g/mol. The van der Waals surface area contributed by atoms with Gasteiger partial charge in [0.1, 0.15) is 42.6 Å². The standard InChI is InChI=1S/C68H58B4O/c1-36-22-53-54-33-55-56(67(2,3)62-61(55)63(69)65(71)66(72)64(62)70)35-58(54)68(48-24-37-23-38(26-48)27-49(68)25-37)57(53)34-52(36)44-13-9-12-42(28-44)40-16-18-41(19-17-40)46-29-45(39-10-5-4-6-11-39)30-47(31-46)43-20-21-51-50-14-7-8-15-59(50)73-60(51)32-43/h4-22,28-35,37-38,48-49H,23-27,69-72H2,1-3H3. The van der Waals surface area contributed by atoms with E-state index in [2.05, 4.69) is 210 Å². The number of hydrogen-bond acceptors (Lipinski definition) is 1. The van der Waals surface area contributed by atoms with Gasteiger partial charge in [0.15, 0.2) is 0 Å². The fourth-order valence-electron chi connectivity index (χ4n) is 16.4. The third-order valence-corrected chi connectivity index (χ3v) is 19.9. The van der Waals surface area contributed by atoms with E-state index in [0.29, 0.717) is 11.8 Å². The molecule has 1 heterocycles. The number of hydrogen-bond donors (Lipinski definition) is 0. The molecule has 6 aliphatic rings. The van der Waals surface area contributed by atoms with Gasteiger partial charge in [-0.05, 0) is 223 Å². The molecule has 9 aromatic carbocycles. The second kappa shape index (κ2) is 15.5. The van der Waals surface area contributed by atoms with Gasteiger partial charge in [-0.3, -0.25) is 0 Å². The summed E-state index contributed by atoms with van der Waals surface area (Å²) in [5, 5.41) is 2.30. The maximum atomic E-state index is 6.36. The Morgan fingerprint density at radius 1 is 0.397 bits per heavy atom. The highest BCUT2D eigenvalue weighted by molar-refractivity contribution is 6.64. The molecule has 4 fully saturated rings. The first-order valence-electron chi connectivity index (χ1n) is 27.2. The van der Waals surface area contributed by atoms with Gasteiger partial charge >= 0.3 is 0 Å². The lowest BCUT2D eigenvalue weighted by Gasteiger charge is -2.61. The fraction of sp³-hybridized carbons (Fsp3) is 0.206. The van der Waals surface area contributed by atoms with Crippen LogP contribution in [0, 0.1) is 30.6 Å². The SMILES string of the molecule is Bc1c(B)c(B)c2c(c1B)-c1cc3c(cc1C2(C)C)C1(c2cc(-c4cccc(-c5ccc(-c6cc(-c7ccccc7)cc(-c7ccc8c(c7)oc7ccccc78)c6)cc5)c4)c(C)cc2-3)C2CC3CC(C2)CC1C3. The third kappa shape index (κ3) is 6.15. The van der Waals surface area contributed by atoms with Gasteiger partial charge in [0, 0.05) is 21.6 Å². The molecule has 1 aromatic heterocycles. The second-order valence-electron chi connectivity index (χ2n) is 23.8. The summed E-state index contributed by atoms with van der Waals surface area (Å²) >= 11 is 0. The molecule has 0 aliphatic heterocycles. The molecule has 4 bridgehead atoms. The van der Waals surface area contributed by atoms with Crippen molar-refractivity contribution >= 4 is 75.2 Å². The number of rotatable bonds is 5. The minimum absolute atomic E-state index is 0.0456. The molecule has 16 rings (SSSR count). The Balaban J connectivity index is 0.820. The van der Waals surface area contributed by atoms with E-state index < -0.39 is 0 Å². The van der Waals surface area contributed by atoms with Gasteiger partial charge in [-0.2, -0.15) is 0 Å². The maximum Gasteiger partial charge on any atom is 0.139 e. The van der Waals surface area contributed by atoms with Crippen LogP contribution in [0.3, 0.4) is 0 Å². The molecule has 4 saturated carbocycles. The maximum absolute atomic E-state index is 6.36. The van der Waals surface area contributed by atoms with Crippen LogP contribution in [0.15, 0.2) is 168 Å². The van der Waals surface area contributed by atoms with Gasteiger partial charge in [0.05, 0.1) is 0 Å². The Morgan fingerprint density at radius 3 is 1.66 bits per heavy atom. The molecule has 73 heavy (non-hydrogen) atoms. The summed E-state index contributed by atoms with van der Waals surface area (Å²) in [6, 6.07) is 62.2. The molecule has 1 spiro atoms. The first-order chi connectivity index (χ1) is 35.4. The number of para-hydroxylation sites is 1. The lowest BCUT2D eigenvalue weighted by molar-refractivity contribution is -0.0399. The molecule has 0 amide bonds. The number of benzene rings is 9. The summed E-state index contributed by atoms with van der Waals surface area (Å²) in [7, 11) is 9.46. The summed E-state index contributed by atoms with van der Waals surface area (Å²) in [5.41, 5.74) is 33.9. The summed E-state index contributed by atoms with van der Waals surface area (Å²) in [6.07, 6.45) is 6.99. The van der Waals surface area contributed by atoms with E-state index in [1.807, 2.05) is 6.07 Å². The predicted octanol–water partition coefficient (Wildman–Crippen LogP) is 11.3. The van der Waals surface area contributed by atoms with Crippen LogP contribution in [0.5, 0.6) is 0 Å². The molecule has 1 nitrogen and oxygen atoms in total. The van der Waals surface area contributed by atoms with Crippen LogP contribution in [0.1, 0.15) is 73.8 Å². The van der Waals surface area contributed by atoms with Crippen LogP contribution < -0.4 is 21.9 Å². The highest BCUT2D eigenvalue weighted by atomic mass is 16.3. The number of fused-ring (bicyclic) bond motifs is 9. The smallest absolute Gasteiger partial charge is 0.139 e. The monoisotopic (exact) mass is 934 g/mol. The summed E-state index contributed by atoms with van der Waals surface area (Å²) in [5.74, 6) is 3.19. The zero-order valence-corrected chi connectivity index (χ0v) is 43.3. The van der Waals surface area contributed by atoms with Gasteiger partial charge < -0.3 is 4.42 Å². The van der Waals surface area contributed by atoms with Crippen molar-refractivity contribution in [3.05, 3.63) is 192 Å². The molecule has 0 radical (unpaired) electrons. The molecular formula is C68H58B4O. The Morgan fingerprint density at radius 2 is 0.932 bits per heavy atom. The molecule has 6 aliphatic carbocycles. The van der Waals surface area contributed by atoms with Gasteiger partial charge in [-0.25, -0.2) is 0 Å². The summed E-state index contributed by atoms with van der Waals surface area (Å²) in [4.78, 5) is 0. The van der Waals surface area contributed by atoms with E-state index in [1.54, 1.807) is 22.3 Å². The van der Waals surface area contributed by atoms with E-state index in [0.717, 1.165) is 39.3 Å².